The Balaban J connectivity index is 1.47. The van der Waals surface area contributed by atoms with Crippen molar-refractivity contribution >= 4 is 34.8 Å². The van der Waals surface area contributed by atoms with Crippen molar-refractivity contribution in [2.75, 3.05) is 50.1 Å². The Labute approximate surface area is 218 Å². The molecule has 1 saturated heterocycles. The van der Waals surface area contributed by atoms with Crippen molar-refractivity contribution < 1.29 is 28.8 Å². The first-order valence-electron chi connectivity index (χ1n) is 11.8. The number of amides is 2. The van der Waals surface area contributed by atoms with Gasteiger partial charge in [0.05, 0.1) is 29.0 Å². The third-order valence-corrected chi connectivity index (χ3v) is 6.04. The summed E-state index contributed by atoms with van der Waals surface area (Å²) in [6, 6.07) is 19.6. The molecule has 0 spiro atoms. The first kappa shape index (κ1) is 26.1. The van der Waals surface area contributed by atoms with Crippen molar-refractivity contribution in [1.82, 2.24) is 4.90 Å². The number of methoxy groups -OCH3 is 1. The van der Waals surface area contributed by atoms with E-state index in [0.717, 1.165) is 0 Å². The summed E-state index contributed by atoms with van der Waals surface area (Å²) >= 11 is 0. The lowest BCUT2D eigenvalue weighted by atomic mass is 10.1. The Morgan fingerprint density at radius 3 is 2.29 bits per heavy atom. The van der Waals surface area contributed by atoms with Crippen molar-refractivity contribution in [3.63, 3.8) is 0 Å². The molecule has 11 heteroatoms. The molecule has 1 heterocycles. The molecule has 1 fully saturated rings. The molecule has 11 nitrogen and oxygen atoms in total. The van der Waals surface area contributed by atoms with Crippen LogP contribution in [0.3, 0.4) is 0 Å². The molecule has 0 atom stereocenters. The molecular weight excluding hydrogens is 492 g/mol. The molecule has 3 aromatic rings. The van der Waals surface area contributed by atoms with Gasteiger partial charge in [-0.25, -0.2) is 4.79 Å². The van der Waals surface area contributed by atoms with Gasteiger partial charge in [-0.3, -0.25) is 19.7 Å². The van der Waals surface area contributed by atoms with Crippen LogP contribution in [0.25, 0.3) is 0 Å². The Hall–Kier alpha value is -4.93. The minimum Gasteiger partial charge on any atom is -0.477 e. The molecule has 1 N–H and O–H groups in total. The molecule has 4 rings (SSSR count). The molecule has 1 aliphatic rings. The van der Waals surface area contributed by atoms with Crippen LogP contribution in [-0.4, -0.2) is 67.5 Å². The number of carbonyl (C=O) groups is 3. The van der Waals surface area contributed by atoms with Crippen LogP contribution in [0.1, 0.15) is 20.7 Å². The molecule has 3 aromatic carbocycles. The summed E-state index contributed by atoms with van der Waals surface area (Å²) in [5.74, 6) is -1.21. The second kappa shape index (κ2) is 11.9. The van der Waals surface area contributed by atoms with Gasteiger partial charge in [0.1, 0.15) is 0 Å². The summed E-state index contributed by atoms with van der Waals surface area (Å²) in [5.41, 5.74) is 1.62. The van der Waals surface area contributed by atoms with E-state index in [1.54, 1.807) is 35.2 Å². The summed E-state index contributed by atoms with van der Waals surface area (Å²) < 4.78 is 10.2. The Morgan fingerprint density at radius 2 is 1.61 bits per heavy atom. The number of nitro groups is 1. The van der Waals surface area contributed by atoms with Gasteiger partial charge in [-0.1, -0.05) is 30.3 Å². The molecule has 196 valence electrons. The second-order valence-corrected chi connectivity index (χ2v) is 8.43. The number of ether oxygens (including phenoxy) is 2. The first-order chi connectivity index (χ1) is 18.4. The summed E-state index contributed by atoms with van der Waals surface area (Å²) in [5, 5.41) is 13.9. The maximum atomic E-state index is 12.8. The van der Waals surface area contributed by atoms with E-state index >= 15 is 0 Å². The Kier molecular flexibility index (Phi) is 8.17. The van der Waals surface area contributed by atoms with Crippen molar-refractivity contribution in [2.24, 2.45) is 0 Å². The lowest BCUT2D eigenvalue weighted by Gasteiger charge is -2.37. The number of para-hydroxylation sites is 2. The van der Waals surface area contributed by atoms with Crippen molar-refractivity contribution in [3.05, 3.63) is 94.0 Å². The number of esters is 1. The van der Waals surface area contributed by atoms with E-state index in [1.807, 2.05) is 23.1 Å². The maximum absolute atomic E-state index is 12.8. The zero-order chi connectivity index (χ0) is 27.1. The van der Waals surface area contributed by atoms with E-state index in [1.165, 1.54) is 31.4 Å². The molecule has 0 radical (unpaired) electrons. The third-order valence-electron chi connectivity index (χ3n) is 6.04. The molecule has 0 aromatic heterocycles. The van der Waals surface area contributed by atoms with E-state index in [0.29, 0.717) is 43.1 Å². The SMILES string of the molecule is COC(=O)c1ccc(N2CCN(C(=O)c3ccccc3)CC2)c(NC(=O)COc2ccccc2[N+](=O)[O-])c1. The number of piperazine rings is 1. The van der Waals surface area contributed by atoms with E-state index in [2.05, 4.69) is 5.32 Å². The van der Waals surface area contributed by atoms with Gasteiger partial charge in [-0.15, -0.1) is 0 Å². The number of nitrogens with zero attached hydrogens (tertiary/aromatic N) is 3. The summed E-state index contributed by atoms with van der Waals surface area (Å²) in [6.45, 7) is 1.48. The maximum Gasteiger partial charge on any atom is 0.337 e. The van der Waals surface area contributed by atoms with Gasteiger partial charge in [-0.2, -0.15) is 0 Å². The van der Waals surface area contributed by atoms with Gasteiger partial charge in [0.25, 0.3) is 11.8 Å². The number of anilines is 2. The normalized spacial score (nSPS) is 13.0. The highest BCUT2D eigenvalue weighted by Crippen LogP contribution is 2.30. The first-order valence-corrected chi connectivity index (χ1v) is 11.8. The van der Waals surface area contributed by atoms with E-state index < -0.39 is 23.4 Å². The summed E-state index contributed by atoms with van der Waals surface area (Å²) in [7, 11) is 1.26. The van der Waals surface area contributed by atoms with Gasteiger partial charge in [0.2, 0.25) is 0 Å². The fraction of sp³-hybridized carbons (Fsp3) is 0.222. The van der Waals surface area contributed by atoms with Crippen molar-refractivity contribution in [2.45, 2.75) is 0 Å². The summed E-state index contributed by atoms with van der Waals surface area (Å²) in [6.07, 6.45) is 0. The van der Waals surface area contributed by atoms with Gasteiger partial charge in [0, 0.05) is 37.8 Å². The van der Waals surface area contributed by atoms with Gasteiger partial charge in [-0.05, 0) is 36.4 Å². The van der Waals surface area contributed by atoms with Crippen LogP contribution in [0, 0.1) is 10.1 Å². The van der Waals surface area contributed by atoms with Crippen LogP contribution in [0.15, 0.2) is 72.8 Å². The largest absolute Gasteiger partial charge is 0.477 e. The van der Waals surface area contributed by atoms with Crippen LogP contribution < -0.4 is 15.0 Å². The quantitative estimate of drug-likeness (QED) is 0.273. The Morgan fingerprint density at radius 1 is 0.921 bits per heavy atom. The minimum absolute atomic E-state index is 0.0320. The number of benzene rings is 3. The average Bonchev–Trinajstić information content (AvgIpc) is 2.96. The molecule has 0 aliphatic carbocycles. The highest BCUT2D eigenvalue weighted by Gasteiger charge is 2.25. The number of hydrogen-bond acceptors (Lipinski definition) is 8. The summed E-state index contributed by atoms with van der Waals surface area (Å²) in [4.78, 5) is 52.1. The van der Waals surface area contributed by atoms with Crippen LogP contribution in [0.2, 0.25) is 0 Å². The fourth-order valence-electron chi connectivity index (χ4n) is 4.13. The predicted molar refractivity (Wildman–Crippen MR) is 140 cm³/mol. The van der Waals surface area contributed by atoms with Crippen LogP contribution >= 0.6 is 0 Å². The van der Waals surface area contributed by atoms with Crippen LogP contribution in [-0.2, 0) is 9.53 Å². The van der Waals surface area contributed by atoms with Gasteiger partial charge < -0.3 is 24.6 Å². The second-order valence-electron chi connectivity index (χ2n) is 8.43. The monoisotopic (exact) mass is 518 g/mol. The fourth-order valence-corrected chi connectivity index (χ4v) is 4.13. The van der Waals surface area contributed by atoms with Gasteiger partial charge in [0.15, 0.2) is 12.4 Å². The van der Waals surface area contributed by atoms with Crippen molar-refractivity contribution in [3.8, 4) is 5.75 Å². The van der Waals surface area contributed by atoms with E-state index in [4.69, 9.17) is 9.47 Å². The number of hydrogen-bond donors (Lipinski definition) is 1. The third kappa shape index (κ3) is 6.06. The molecule has 0 saturated carbocycles. The molecule has 0 bridgehead atoms. The highest BCUT2D eigenvalue weighted by atomic mass is 16.6. The predicted octanol–water partition coefficient (Wildman–Crippen LogP) is 3.36. The number of rotatable bonds is 8. The molecule has 1 aliphatic heterocycles. The molecule has 0 unspecified atom stereocenters. The van der Waals surface area contributed by atoms with E-state index in [9.17, 15) is 24.5 Å². The lowest BCUT2D eigenvalue weighted by Crippen LogP contribution is -2.49. The molecular formula is C27H26N4O7. The lowest BCUT2D eigenvalue weighted by molar-refractivity contribution is -0.385. The smallest absolute Gasteiger partial charge is 0.337 e. The molecule has 2 amide bonds. The topological polar surface area (TPSA) is 131 Å². The number of nitro benzene ring substituents is 1. The number of carbonyl (C=O) groups excluding carboxylic acids is 3. The van der Waals surface area contributed by atoms with Gasteiger partial charge >= 0.3 is 11.7 Å². The van der Waals surface area contributed by atoms with Crippen LogP contribution in [0.5, 0.6) is 5.75 Å². The van der Waals surface area contributed by atoms with Crippen molar-refractivity contribution in [1.29, 1.82) is 0 Å². The average molecular weight is 519 g/mol. The zero-order valence-electron chi connectivity index (χ0n) is 20.7. The standard InChI is InChI=1S/C27H26N4O7/c1-37-27(34)20-11-12-22(29-13-15-30(16-14-29)26(33)19-7-3-2-4-8-19)21(17-20)28-25(32)18-38-24-10-6-5-9-23(24)31(35)36/h2-12,17H,13-16,18H2,1H3,(H,28,32). The molecule has 38 heavy (non-hydrogen) atoms. The zero-order valence-corrected chi connectivity index (χ0v) is 20.7. The number of nitrogens with one attached hydrogen (secondary N) is 1. The Bertz CT molecular complexity index is 1340. The highest BCUT2D eigenvalue weighted by molar-refractivity contribution is 5.99. The van der Waals surface area contributed by atoms with Crippen LogP contribution in [0.4, 0.5) is 17.1 Å². The minimum atomic E-state index is -0.590. The van der Waals surface area contributed by atoms with E-state index in [-0.39, 0.29) is 22.9 Å².